The van der Waals surface area contributed by atoms with E-state index in [0.717, 1.165) is 12.1 Å². The lowest BCUT2D eigenvalue weighted by Gasteiger charge is -2.07. The maximum absolute atomic E-state index is 13.0. The number of anilines is 1. The van der Waals surface area contributed by atoms with Crippen molar-refractivity contribution in [2.45, 2.75) is 11.3 Å². The monoisotopic (exact) mass is 359 g/mol. The minimum atomic E-state index is -3.63. The number of carbonyl (C=O) groups excluding carboxylic acids is 1. The van der Waals surface area contributed by atoms with E-state index in [4.69, 9.17) is 11.6 Å². The lowest BCUT2D eigenvalue weighted by molar-refractivity contribution is -0.115. The first-order valence-corrected chi connectivity index (χ1v) is 8.54. The molecule has 0 spiro atoms. The van der Waals surface area contributed by atoms with Crippen molar-refractivity contribution in [2.75, 3.05) is 11.1 Å². The van der Waals surface area contributed by atoms with Crippen LogP contribution >= 0.6 is 11.6 Å². The maximum atomic E-state index is 13.0. The molecule has 2 aromatic carbocycles. The summed E-state index contributed by atoms with van der Waals surface area (Å²) < 4.78 is 49.9. The molecule has 0 bridgehead atoms. The average Bonchev–Trinajstić information content (AvgIpc) is 2.50. The molecule has 122 valence electrons. The molecule has 0 atom stereocenters. The number of nitrogens with one attached hydrogen (secondary N) is 1. The van der Waals surface area contributed by atoms with Crippen LogP contribution in [0.1, 0.15) is 6.42 Å². The fourth-order valence-corrected chi connectivity index (χ4v) is 3.15. The fraction of sp³-hybridized carbons (Fsp3) is 0.133. The van der Waals surface area contributed by atoms with Crippen LogP contribution < -0.4 is 5.32 Å². The summed E-state index contributed by atoms with van der Waals surface area (Å²) >= 11 is 5.69. The van der Waals surface area contributed by atoms with Gasteiger partial charge in [-0.3, -0.25) is 4.79 Å². The third kappa shape index (κ3) is 4.74. The molecule has 1 amide bonds. The number of halogens is 3. The summed E-state index contributed by atoms with van der Waals surface area (Å²) in [5.41, 5.74) is 0.0535. The van der Waals surface area contributed by atoms with Gasteiger partial charge in [0.15, 0.2) is 21.5 Å². The summed E-state index contributed by atoms with van der Waals surface area (Å²) in [6, 6.07) is 8.46. The Bertz CT molecular complexity index is 823. The van der Waals surface area contributed by atoms with Gasteiger partial charge in [0.2, 0.25) is 5.91 Å². The van der Waals surface area contributed by atoms with Gasteiger partial charge in [-0.25, -0.2) is 17.2 Å². The molecule has 1 N–H and O–H groups in total. The van der Waals surface area contributed by atoms with Crippen LogP contribution in [0.5, 0.6) is 0 Å². The molecule has 0 aromatic heterocycles. The van der Waals surface area contributed by atoms with Crippen molar-refractivity contribution in [3.05, 3.63) is 59.1 Å². The largest absolute Gasteiger partial charge is 0.326 e. The number of hydrogen-bond acceptors (Lipinski definition) is 3. The summed E-state index contributed by atoms with van der Waals surface area (Å²) in [6.07, 6.45) is -0.316. The summed E-state index contributed by atoms with van der Waals surface area (Å²) in [7, 11) is -3.63. The summed E-state index contributed by atoms with van der Waals surface area (Å²) in [5.74, 6) is -3.16. The number of amides is 1. The van der Waals surface area contributed by atoms with Crippen LogP contribution in [0, 0.1) is 11.6 Å². The Morgan fingerprint density at radius 3 is 2.30 bits per heavy atom. The molecule has 0 heterocycles. The van der Waals surface area contributed by atoms with Crippen molar-refractivity contribution in [1.82, 2.24) is 0 Å². The summed E-state index contributed by atoms with van der Waals surface area (Å²) in [6.45, 7) is 0. The number of benzene rings is 2. The zero-order valence-corrected chi connectivity index (χ0v) is 13.3. The molecule has 0 saturated heterocycles. The van der Waals surface area contributed by atoms with Crippen molar-refractivity contribution in [1.29, 1.82) is 0 Å². The second kappa shape index (κ2) is 7.06. The average molecular weight is 360 g/mol. The molecule has 2 aromatic rings. The molecule has 4 nitrogen and oxygen atoms in total. The Kier molecular flexibility index (Phi) is 5.33. The first-order valence-electron chi connectivity index (χ1n) is 6.51. The molecule has 0 fully saturated rings. The fourth-order valence-electron chi connectivity index (χ4n) is 1.78. The van der Waals surface area contributed by atoms with E-state index in [0.29, 0.717) is 5.02 Å². The molecule has 0 aliphatic rings. The van der Waals surface area contributed by atoms with Gasteiger partial charge in [0.25, 0.3) is 0 Å². The summed E-state index contributed by atoms with van der Waals surface area (Å²) in [5, 5.41) is 2.71. The van der Waals surface area contributed by atoms with Gasteiger partial charge in [0.05, 0.1) is 10.6 Å². The Labute approximate surface area is 137 Å². The van der Waals surface area contributed by atoms with E-state index < -0.39 is 33.1 Å². The van der Waals surface area contributed by atoms with Crippen LogP contribution in [0.15, 0.2) is 47.4 Å². The van der Waals surface area contributed by atoms with Gasteiger partial charge in [-0.1, -0.05) is 11.6 Å². The lowest BCUT2D eigenvalue weighted by atomic mass is 10.3. The zero-order valence-electron chi connectivity index (χ0n) is 11.7. The third-order valence-corrected chi connectivity index (χ3v) is 4.96. The van der Waals surface area contributed by atoms with Gasteiger partial charge in [0.1, 0.15) is 0 Å². The number of carbonyl (C=O) groups is 1. The number of hydrogen-bond donors (Lipinski definition) is 1. The smallest absolute Gasteiger partial charge is 0.225 e. The van der Waals surface area contributed by atoms with Crippen LogP contribution in [-0.4, -0.2) is 20.1 Å². The molecular weight excluding hydrogens is 348 g/mol. The SMILES string of the molecule is O=C(CCS(=O)(=O)c1ccc(Cl)cc1)Nc1ccc(F)c(F)c1. The molecule has 0 saturated carbocycles. The standard InChI is InChI=1S/C15H12ClF2NO3S/c16-10-1-4-12(5-2-10)23(21,22)8-7-15(20)19-11-3-6-13(17)14(18)9-11/h1-6,9H,7-8H2,(H,19,20). The highest BCUT2D eigenvalue weighted by molar-refractivity contribution is 7.91. The Morgan fingerprint density at radius 1 is 1.04 bits per heavy atom. The van der Waals surface area contributed by atoms with Crippen molar-refractivity contribution >= 4 is 33.0 Å². The minimum absolute atomic E-state index is 0.0535. The third-order valence-electron chi connectivity index (χ3n) is 2.97. The van der Waals surface area contributed by atoms with Crippen molar-refractivity contribution in [2.24, 2.45) is 0 Å². The van der Waals surface area contributed by atoms with Gasteiger partial charge in [-0.05, 0) is 36.4 Å². The van der Waals surface area contributed by atoms with Crippen molar-refractivity contribution in [3.63, 3.8) is 0 Å². The maximum Gasteiger partial charge on any atom is 0.225 e. The molecule has 23 heavy (non-hydrogen) atoms. The highest BCUT2D eigenvalue weighted by Gasteiger charge is 2.16. The molecule has 0 unspecified atom stereocenters. The molecular formula is C15H12ClF2NO3S. The van der Waals surface area contributed by atoms with E-state index in [1.165, 1.54) is 30.3 Å². The normalized spacial score (nSPS) is 11.3. The van der Waals surface area contributed by atoms with E-state index in [9.17, 15) is 22.0 Å². The Hall–Kier alpha value is -1.99. The van der Waals surface area contributed by atoms with Crippen LogP contribution in [0.25, 0.3) is 0 Å². The van der Waals surface area contributed by atoms with Crippen LogP contribution in [0.2, 0.25) is 5.02 Å². The minimum Gasteiger partial charge on any atom is -0.326 e. The van der Waals surface area contributed by atoms with Gasteiger partial charge in [0, 0.05) is 23.2 Å². The van der Waals surface area contributed by atoms with Crippen LogP contribution in [0.3, 0.4) is 0 Å². The molecule has 8 heteroatoms. The number of rotatable bonds is 5. The molecule has 0 radical (unpaired) electrons. The lowest BCUT2D eigenvalue weighted by Crippen LogP contribution is -2.17. The highest BCUT2D eigenvalue weighted by Crippen LogP contribution is 2.17. The zero-order chi connectivity index (χ0) is 17.0. The summed E-state index contributed by atoms with van der Waals surface area (Å²) in [4.78, 5) is 11.8. The molecule has 0 aliphatic heterocycles. The van der Waals surface area contributed by atoms with E-state index in [2.05, 4.69) is 5.32 Å². The topological polar surface area (TPSA) is 63.2 Å². The Morgan fingerprint density at radius 2 is 1.70 bits per heavy atom. The van der Waals surface area contributed by atoms with Gasteiger partial charge in [-0.2, -0.15) is 0 Å². The second-order valence-corrected chi connectivity index (χ2v) is 7.25. The first kappa shape index (κ1) is 17.4. The van der Waals surface area contributed by atoms with Gasteiger partial charge >= 0.3 is 0 Å². The second-order valence-electron chi connectivity index (χ2n) is 4.70. The van der Waals surface area contributed by atoms with E-state index in [-0.39, 0.29) is 17.0 Å². The van der Waals surface area contributed by atoms with E-state index in [1.54, 1.807) is 0 Å². The van der Waals surface area contributed by atoms with Gasteiger partial charge < -0.3 is 5.32 Å². The van der Waals surface area contributed by atoms with Crippen LogP contribution in [0.4, 0.5) is 14.5 Å². The van der Waals surface area contributed by atoms with Crippen LogP contribution in [-0.2, 0) is 14.6 Å². The first-order chi connectivity index (χ1) is 10.8. The number of sulfone groups is 1. The van der Waals surface area contributed by atoms with E-state index in [1.807, 2.05) is 0 Å². The van der Waals surface area contributed by atoms with E-state index >= 15 is 0 Å². The Balaban J connectivity index is 1.98. The van der Waals surface area contributed by atoms with Crippen molar-refractivity contribution < 1.29 is 22.0 Å². The van der Waals surface area contributed by atoms with Crippen molar-refractivity contribution in [3.8, 4) is 0 Å². The molecule has 2 rings (SSSR count). The molecule has 0 aliphatic carbocycles. The predicted molar refractivity (Wildman–Crippen MR) is 83.1 cm³/mol. The highest BCUT2D eigenvalue weighted by atomic mass is 35.5. The quantitative estimate of drug-likeness (QED) is 0.889. The van der Waals surface area contributed by atoms with Gasteiger partial charge in [-0.15, -0.1) is 0 Å². The predicted octanol–water partition coefficient (Wildman–Crippen LogP) is 3.42.